The summed E-state index contributed by atoms with van der Waals surface area (Å²) in [6.45, 7) is -0.196. The molecule has 23 heavy (non-hydrogen) atoms. The third-order valence-electron chi connectivity index (χ3n) is 3.58. The fourth-order valence-corrected chi connectivity index (χ4v) is 2.17. The Morgan fingerprint density at radius 1 is 1.26 bits per heavy atom. The van der Waals surface area contributed by atoms with E-state index in [1.807, 2.05) is 36.5 Å². The normalized spacial score (nSPS) is 13.6. The van der Waals surface area contributed by atoms with Crippen molar-refractivity contribution in [2.75, 3.05) is 6.61 Å². The number of hydrogen-bond donors (Lipinski definition) is 1. The highest BCUT2D eigenvalue weighted by Gasteiger charge is 2.23. The van der Waals surface area contributed by atoms with E-state index in [0.29, 0.717) is 6.42 Å². The van der Waals surface area contributed by atoms with Gasteiger partial charge in [-0.05, 0) is 37.0 Å². The average molecular weight is 313 g/mol. The monoisotopic (exact) mass is 313 g/mol. The van der Waals surface area contributed by atoms with Crippen molar-refractivity contribution in [1.82, 2.24) is 15.1 Å². The maximum Gasteiger partial charge on any atom is 0.306 e. The number of carbonyl (C=O) groups excluding carboxylic acids is 2. The Balaban J connectivity index is 1.42. The lowest BCUT2D eigenvalue weighted by molar-refractivity contribution is -0.148. The number of rotatable bonds is 7. The highest BCUT2D eigenvalue weighted by Crippen LogP contribution is 2.18. The molecular formula is C17H19N3O3. The number of carbonyl (C=O) groups is 2. The van der Waals surface area contributed by atoms with Gasteiger partial charge in [0.2, 0.25) is 0 Å². The summed E-state index contributed by atoms with van der Waals surface area (Å²) >= 11 is 0. The Hall–Kier alpha value is -2.63. The second-order valence-corrected chi connectivity index (χ2v) is 5.63. The summed E-state index contributed by atoms with van der Waals surface area (Å²) in [5.41, 5.74) is 1.92. The molecule has 1 aromatic carbocycles. The predicted octanol–water partition coefficient (Wildman–Crippen LogP) is 1.63. The van der Waals surface area contributed by atoms with Gasteiger partial charge in [-0.25, -0.2) is 4.68 Å². The fourth-order valence-electron chi connectivity index (χ4n) is 2.17. The lowest BCUT2D eigenvalue weighted by Crippen LogP contribution is -2.30. The van der Waals surface area contributed by atoms with Crippen molar-refractivity contribution in [1.29, 1.82) is 0 Å². The molecule has 2 aromatic rings. The molecule has 0 aliphatic heterocycles. The first-order valence-electron chi connectivity index (χ1n) is 7.74. The van der Waals surface area contributed by atoms with E-state index >= 15 is 0 Å². The molecule has 6 nitrogen and oxygen atoms in total. The van der Waals surface area contributed by atoms with Crippen molar-refractivity contribution < 1.29 is 14.3 Å². The van der Waals surface area contributed by atoms with Crippen LogP contribution in [0.1, 0.15) is 24.8 Å². The number of hydrogen-bond acceptors (Lipinski definition) is 4. The van der Waals surface area contributed by atoms with Gasteiger partial charge in [0.25, 0.3) is 5.91 Å². The molecule has 0 bridgehead atoms. The molecule has 1 amide bonds. The Labute approximate surface area is 134 Å². The summed E-state index contributed by atoms with van der Waals surface area (Å²) in [5, 5.41) is 7.05. The molecule has 1 aromatic heterocycles. The number of aromatic nitrogens is 2. The maximum absolute atomic E-state index is 11.7. The second-order valence-electron chi connectivity index (χ2n) is 5.63. The lowest BCUT2D eigenvalue weighted by Gasteiger charge is -2.05. The van der Waals surface area contributed by atoms with Crippen LogP contribution >= 0.6 is 0 Å². The molecule has 1 aliphatic carbocycles. The first-order valence-corrected chi connectivity index (χ1v) is 7.74. The van der Waals surface area contributed by atoms with E-state index < -0.39 is 0 Å². The van der Waals surface area contributed by atoms with Crippen LogP contribution in [0.4, 0.5) is 0 Å². The predicted molar refractivity (Wildman–Crippen MR) is 84.0 cm³/mol. The molecule has 0 atom stereocenters. The molecule has 0 unspecified atom stereocenters. The van der Waals surface area contributed by atoms with Crippen molar-refractivity contribution in [3.63, 3.8) is 0 Å². The number of aryl methyl sites for hydroxylation is 1. The first-order chi connectivity index (χ1) is 11.2. The summed E-state index contributed by atoms with van der Waals surface area (Å²) < 4.78 is 6.74. The van der Waals surface area contributed by atoms with E-state index in [1.165, 1.54) is 0 Å². The number of ether oxygens (including phenoxy) is 1. The Kier molecular flexibility index (Phi) is 4.71. The molecule has 1 N–H and O–H groups in total. The van der Waals surface area contributed by atoms with Crippen molar-refractivity contribution >= 4 is 11.9 Å². The second kappa shape index (κ2) is 7.09. The van der Waals surface area contributed by atoms with Crippen LogP contribution < -0.4 is 5.32 Å². The summed E-state index contributed by atoms with van der Waals surface area (Å²) in [4.78, 5) is 23.1. The van der Waals surface area contributed by atoms with Gasteiger partial charge in [-0.2, -0.15) is 5.10 Å². The lowest BCUT2D eigenvalue weighted by atomic mass is 10.2. The number of esters is 1. The van der Waals surface area contributed by atoms with Gasteiger partial charge in [-0.1, -0.05) is 18.2 Å². The zero-order valence-electron chi connectivity index (χ0n) is 12.8. The number of amides is 1. The largest absolute Gasteiger partial charge is 0.456 e. The zero-order chi connectivity index (χ0) is 16.1. The van der Waals surface area contributed by atoms with Crippen molar-refractivity contribution in [2.45, 2.75) is 31.7 Å². The van der Waals surface area contributed by atoms with Crippen LogP contribution in [0.15, 0.2) is 42.7 Å². The van der Waals surface area contributed by atoms with Crippen LogP contribution in [0, 0.1) is 0 Å². The molecule has 1 fully saturated rings. The Morgan fingerprint density at radius 3 is 2.78 bits per heavy atom. The van der Waals surface area contributed by atoms with Gasteiger partial charge in [0.05, 0.1) is 11.9 Å². The number of nitrogens with one attached hydrogen (secondary N) is 1. The van der Waals surface area contributed by atoms with Crippen LogP contribution in [0.2, 0.25) is 0 Å². The van der Waals surface area contributed by atoms with Crippen LogP contribution in [0.3, 0.4) is 0 Å². The van der Waals surface area contributed by atoms with Crippen LogP contribution in [-0.4, -0.2) is 34.3 Å². The van der Waals surface area contributed by atoms with E-state index in [2.05, 4.69) is 10.4 Å². The summed E-state index contributed by atoms with van der Waals surface area (Å²) in [6.07, 6.45) is 6.44. The van der Waals surface area contributed by atoms with E-state index in [4.69, 9.17) is 4.74 Å². The van der Waals surface area contributed by atoms with Crippen LogP contribution in [0.5, 0.6) is 0 Å². The molecule has 0 saturated heterocycles. The van der Waals surface area contributed by atoms with Gasteiger partial charge in [0, 0.05) is 18.7 Å². The van der Waals surface area contributed by atoms with E-state index in [-0.39, 0.29) is 30.9 Å². The molecule has 1 saturated carbocycles. The summed E-state index contributed by atoms with van der Waals surface area (Å²) in [7, 11) is 0. The highest BCUT2D eigenvalue weighted by atomic mass is 16.5. The minimum absolute atomic E-state index is 0.196. The van der Waals surface area contributed by atoms with E-state index in [9.17, 15) is 9.59 Å². The van der Waals surface area contributed by atoms with Crippen LogP contribution in [-0.2, 0) is 20.7 Å². The quantitative estimate of drug-likeness (QED) is 0.789. The third kappa shape index (κ3) is 4.67. The van der Waals surface area contributed by atoms with Gasteiger partial charge in [0.1, 0.15) is 0 Å². The molecule has 120 valence electrons. The van der Waals surface area contributed by atoms with Gasteiger partial charge < -0.3 is 10.1 Å². The standard InChI is InChI=1S/C17H19N3O3/c21-16(19-14-7-8-14)12-23-17(22)9-6-13-10-18-20(11-13)15-4-2-1-3-5-15/h1-5,10-11,14H,6-9,12H2,(H,19,21). The van der Waals surface area contributed by atoms with E-state index in [1.54, 1.807) is 10.9 Å². The Bertz CT molecular complexity index is 677. The third-order valence-corrected chi connectivity index (χ3v) is 3.58. The number of para-hydroxylation sites is 1. The van der Waals surface area contributed by atoms with Gasteiger partial charge in [0.15, 0.2) is 6.61 Å². The Morgan fingerprint density at radius 2 is 2.04 bits per heavy atom. The number of benzene rings is 1. The highest BCUT2D eigenvalue weighted by molar-refractivity contribution is 5.81. The first kappa shape index (κ1) is 15.3. The number of nitrogens with zero attached hydrogens (tertiary/aromatic N) is 2. The smallest absolute Gasteiger partial charge is 0.306 e. The molecule has 1 heterocycles. The molecular weight excluding hydrogens is 294 g/mol. The summed E-state index contributed by atoms with van der Waals surface area (Å²) in [6, 6.07) is 10.0. The molecule has 3 rings (SSSR count). The SMILES string of the molecule is O=C(COC(=O)CCc1cnn(-c2ccccc2)c1)NC1CC1. The van der Waals surface area contributed by atoms with E-state index in [0.717, 1.165) is 24.1 Å². The molecule has 6 heteroatoms. The van der Waals surface area contributed by atoms with Gasteiger partial charge in [-0.3, -0.25) is 9.59 Å². The zero-order valence-corrected chi connectivity index (χ0v) is 12.8. The van der Waals surface area contributed by atoms with Gasteiger partial charge in [-0.15, -0.1) is 0 Å². The van der Waals surface area contributed by atoms with Crippen molar-refractivity contribution in [3.8, 4) is 5.69 Å². The molecule has 1 aliphatic rings. The molecule has 0 spiro atoms. The fraction of sp³-hybridized carbons (Fsp3) is 0.353. The topological polar surface area (TPSA) is 73.2 Å². The maximum atomic E-state index is 11.7. The molecule has 0 radical (unpaired) electrons. The van der Waals surface area contributed by atoms with Crippen molar-refractivity contribution in [2.24, 2.45) is 0 Å². The van der Waals surface area contributed by atoms with Gasteiger partial charge >= 0.3 is 5.97 Å². The average Bonchev–Trinajstić information content (AvgIpc) is 3.25. The van der Waals surface area contributed by atoms with Crippen molar-refractivity contribution in [3.05, 3.63) is 48.3 Å². The minimum Gasteiger partial charge on any atom is -0.456 e. The minimum atomic E-state index is -0.372. The van der Waals surface area contributed by atoms with Crippen LogP contribution in [0.25, 0.3) is 5.69 Å². The summed E-state index contributed by atoms with van der Waals surface area (Å²) in [5.74, 6) is -0.596.